The summed E-state index contributed by atoms with van der Waals surface area (Å²) in [5.41, 5.74) is 0. The molecule has 5 nitrogen and oxygen atoms in total. The number of carboxylic acids is 1. The van der Waals surface area contributed by atoms with E-state index in [9.17, 15) is 4.79 Å². The predicted molar refractivity (Wildman–Crippen MR) is 73.2 cm³/mol. The van der Waals surface area contributed by atoms with E-state index in [0.29, 0.717) is 6.42 Å². The monoisotopic (exact) mass is 270 g/mol. The number of rotatable bonds is 5. The molecule has 0 spiro atoms. The molecule has 5 heteroatoms. The van der Waals surface area contributed by atoms with E-state index in [-0.39, 0.29) is 6.10 Å². The molecule has 0 aromatic carbocycles. The fourth-order valence-electron chi connectivity index (χ4n) is 3.18. The van der Waals surface area contributed by atoms with Gasteiger partial charge in [-0.1, -0.05) is 0 Å². The number of piperidine rings is 1. The van der Waals surface area contributed by atoms with Crippen LogP contribution in [0.3, 0.4) is 0 Å². The second-order valence-electron chi connectivity index (χ2n) is 6.17. The predicted octanol–water partition coefficient (Wildman–Crippen LogP) is 0.892. The van der Waals surface area contributed by atoms with Gasteiger partial charge in [0, 0.05) is 13.1 Å². The summed E-state index contributed by atoms with van der Waals surface area (Å²) in [5.74, 6) is -0.00490. The third kappa shape index (κ3) is 4.44. The van der Waals surface area contributed by atoms with E-state index in [1.54, 1.807) is 0 Å². The maximum absolute atomic E-state index is 10.8. The molecule has 0 bridgehead atoms. The van der Waals surface area contributed by atoms with Gasteiger partial charge in [0.1, 0.15) is 0 Å². The smallest absolute Gasteiger partial charge is 0.332 e. The van der Waals surface area contributed by atoms with Crippen molar-refractivity contribution in [2.45, 2.75) is 37.9 Å². The van der Waals surface area contributed by atoms with Crippen molar-refractivity contribution in [3.63, 3.8) is 0 Å². The molecule has 0 aromatic rings. The Labute approximate surface area is 115 Å². The minimum absolute atomic E-state index is 0.117. The average Bonchev–Trinajstić information content (AvgIpc) is 2.80. The Balaban J connectivity index is 1.67. The summed E-state index contributed by atoms with van der Waals surface area (Å²) in [6.07, 6.45) is 3.58. The van der Waals surface area contributed by atoms with Gasteiger partial charge in [-0.2, -0.15) is 0 Å². The number of aliphatic carboxylic acids is 1. The van der Waals surface area contributed by atoms with E-state index in [2.05, 4.69) is 23.9 Å². The van der Waals surface area contributed by atoms with Gasteiger partial charge in [-0.3, -0.25) is 0 Å². The lowest BCUT2D eigenvalue weighted by atomic mass is 9.96. The van der Waals surface area contributed by atoms with Crippen LogP contribution in [0.4, 0.5) is 0 Å². The van der Waals surface area contributed by atoms with Crippen LogP contribution < -0.4 is 0 Å². The maximum Gasteiger partial charge on any atom is 0.332 e. The van der Waals surface area contributed by atoms with E-state index in [1.807, 2.05) is 0 Å². The van der Waals surface area contributed by atoms with Gasteiger partial charge in [-0.25, -0.2) is 4.79 Å². The Morgan fingerprint density at radius 2 is 1.95 bits per heavy atom. The molecule has 2 unspecified atom stereocenters. The first kappa shape index (κ1) is 14.8. The fourth-order valence-corrected chi connectivity index (χ4v) is 3.18. The van der Waals surface area contributed by atoms with Crippen LogP contribution in [0.2, 0.25) is 0 Å². The molecule has 2 atom stereocenters. The number of hydrogen-bond donors (Lipinski definition) is 1. The molecule has 2 saturated heterocycles. The zero-order valence-corrected chi connectivity index (χ0v) is 12.0. The average molecular weight is 270 g/mol. The van der Waals surface area contributed by atoms with Gasteiger partial charge in [-0.15, -0.1) is 0 Å². The topological polar surface area (TPSA) is 53.0 Å². The number of ether oxygens (including phenoxy) is 1. The molecule has 2 fully saturated rings. The summed E-state index contributed by atoms with van der Waals surface area (Å²) in [7, 11) is 4.26. The standard InChI is InChI=1S/C14H26N2O3/c1-15(2)9-11-5-7-16(8-6-11)10-12-3-4-13(19-12)14(17)18/h11-13H,3-10H2,1-2H3,(H,17,18). The van der Waals surface area contributed by atoms with Crippen LogP contribution in [0.25, 0.3) is 0 Å². The highest BCUT2D eigenvalue weighted by Crippen LogP contribution is 2.23. The van der Waals surface area contributed by atoms with Crippen molar-refractivity contribution in [2.75, 3.05) is 40.3 Å². The van der Waals surface area contributed by atoms with E-state index in [1.165, 1.54) is 19.4 Å². The first-order valence-corrected chi connectivity index (χ1v) is 7.30. The molecule has 0 aliphatic carbocycles. The third-order valence-electron chi connectivity index (χ3n) is 4.18. The van der Waals surface area contributed by atoms with Crippen molar-refractivity contribution in [1.82, 2.24) is 9.80 Å². The zero-order chi connectivity index (χ0) is 13.8. The maximum atomic E-state index is 10.8. The van der Waals surface area contributed by atoms with Crippen LogP contribution in [-0.4, -0.2) is 73.4 Å². The Kier molecular flexibility index (Phi) is 5.19. The molecule has 110 valence electrons. The quantitative estimate of drug-likeness (QED) is 0.804. The molecule has 0 saturated carbocycles. The molecular formula is C14H26N2O3. The van der Waals surface area contributed by atoms with Gasteiger partial charge >= 0.3 is 5.97 Å². The lowest BCUT2D eigenvalue weighted by Crippen LogP contribution is -2.41. The highest BCUT2D eigenvalue weighted by atomic mass is 16.5. The Bertz CT molecular complexity index is 301. The lowest BCUT2D eigenvalue weighted by molar-refractivity contribution is -0.149. The number of carbonyl (C=O) groups is 1. The molecule has 19 heavy (non-hydrogen) atoms. The number of hydrogen-bond acceptors (Lipinski definition) is 4. The van der Waals surface area contributed by atoms with Crippen molar-refractivity contribution >= 4 is 5.97 Å². The third-order valence-corrected chi connectivity index (χ3v) is 4.18. The van der Waals surface area contributed by atoms with Crippen LogP contribution >= 0.6 is 0 Å². The minimum atomic E-state index is -0.813. The van der Waals surface area contributed by atoms with Crippen molar-refractivity contribution in [3.05, 3.63) is 0 Å². The Hall–Kier alpha value is -0.650. The molecule has 0 radical (unpaired) electrons. The first-order chi connectivity index (χ1) is 9.04. The molecular weight excluding hydrogens is 244 g/mol. The van der Waals surface area contributed by atoms with Gasteiger partial charge in [0.05, 0.1) is 6.10 Å². The van der Waals surface area contributed by atoms with Crippen molar-refractivity contribution in [3.8, 4) is 0 Å². The molecule has 0 aromatic heterocycles. The van der Waals surface area contributed by atoms with E-state index in [4.69, 9.17) is 9.84 Å². The molecule has 2 heterocycles. The van der Waals surface area contributed by atoms with Crippen LogP contribution in [0.5, 0.6) is 0 Å². The summed E-state index contributed by atoms with van der Waals surface area (Å²) >= 11 is 0. The lowest BCUT2D eigenvalue weighted by Gasteiger charge is -2.34. The van der Waals surface area contributed by atoms with Gasteiger partial charge in [0.25, 0.3) is 0 Å². The minimum Gasteiger partial charge on any atom is -0.479 e. The highest BCUT2D eigenvalue weighted by molar-refractivity contribution is 5.72. The highest BCUT2D eigenvalue weighted by Gasteiger charge is 2.32. The fraction of sp³-hybridized carbons (Fsp3) is 0.929. The normalized spacial score (nSPS) is 30.1. The van der Waals surface area contributed by atoms with E-state index in [0.717, 1.165) is 32.0 Å². The van der Waals surface area contributed by atoms with Gasteiger partial charge in [-0.05, 0) is 58.8 Å². The first-order valence-electron chi connectivity index (χ1n) is 7.30. The Morgan fingerprint density at radius 1 is 1.26 bits per heavy atom. The summed E-state index contributed by atoms with van der Waals surface area (Å²) < 4.78 is 5.57. The summed E-state index contributed by atoms with van der Waals surface area (Å²) in [6, 6.07) is 0. The summed E-state index contributed by atoms with van der Waals surface area (Å²) in [5, 5.41) is 8.91. The van der Waals surface area contributed by atoms with E-state index < -0.39 is 12.1 Å². The second kappa shape index (κ2) is 6.68. The van der Waals surface area contributed by atoms with Gasteiger partial charge in [0.15, 0.2) is 6.10 Å². The van der Waals surface area contributed by atoms with Gasteiger partial charge < -0.3 is 19.6 Å². The molecule has 1 N–H and O–H groups in total. The molecule has 0 amide bonds. The largest absolute Gasteiger partial charge is 0.479 e. The van der Waals surface area contributed by atoms with Crippen LogP contribution in [0.1, 0.15) is 25.7 Å². The number of likely N-dealkylation sites (tertiary alicyclic amines) is 1. The zero-order valence-electron chi connectivity index (χ0n) is 12.0. The Morgan fingerprint density at radius 3 is 2.47 bits per heavy atom. The molecule has 2 aliphatic heterocycles. The van der Waals surface area contributed by atoms with Crippen molar-refractivity contribution in [1.29, 1.82) is 0 Å². The van der Waals surface area contributed by atoms with Crippen molar-refractivity contribution in [2.24, 2.45) is 5.92 Å². The van der Waals surface area contributed by atoms with Crippen LogP contribution in [0.15, 0.2) is 0 Å². The van der Waals surface area contributed by atoms with Crippen LogP contribution in [-0.2, 0) is 9.53 Å². The summed E-state index contributed by atoms with van der Waals surface area (Å²) in [4.78, 5) is 15.5. The second-order valence-corrected chi connectivity index (χ2v) is 6.17. The SMILES string of the molecule is CN(C)CC1CCN(CC2CCC(C(=O)O)O2)CC1. The van der Waals surface area contributed by atoms with E-state index >= 15 is 0 Å². The number of nitrogens with zero attached hydrogens (tertiary/aromatic N) is 2. The van der Waals surface area contributed by atoms with Crippen LogP contribution in [0, 0.1) is 5.92 Å². The summed E-state index contributed by atoms with van der Waals surface area (Å²) in [6.45, 7) is 4.32. The molecule has 2 rings (SSSR count). The molecule has 2 aliphatic rings. The number of carboxylic acid groups (broad SMARTS) is 1. The van der Waals surface area contributed by atoms with Gasteiger partial charge in [0.2, 0.25) is 0 Å². The van der Waals surface area contributed by atoms with Crippen molar-refractivity contribution < 1.29 is 14.6 Å².